The lowest BCUT2D eigenvalue weighted by Gasteiger charge is -2.38. The van der Waals surface area contributed by atoms with Gasteiger partial charge in [-0.1, -0.05) is 32.4 Å². The molecule has 0 bridgehead atoms. The number of amides is 3. The van der Waals surface area contributed by atoms with E-state index in [2.05, 4.69) is 5.32 Å². The molecule has 0 fully saturated rings. The molecule has 0 aromatic heterocycles. The number of urea groups is 1. The molecule has 0 saturated heterocycles. The van der Waals surface area contributed by atoms with Crippen molar-refractivity contribution >= 4 is 23.3 Å². The lowest BCUT2D eigenvalue weighted by Crippen LogP contribution is -2.55. The van der Waals surface area contributed by atoms with Gasteiger partial charge in [0.05, 0.1) is 11.4 Å². The van der Waals surface area contributed by atoms with E-state index in [0.29, 0.717) is 11.4 Å². The van der Waals surface area contributed by atoms with Crippen LogP contribution in [-0.2, 0) is 4.79 Å². The Balaban J connectivity index is 2.51. The molecule has 1 aliphatic heterocycles. The van der Waals surface area contributed by atoms with Gasteiger partial charge >= 0.3 is 6.03 Å². The third kappa shape index (κ3) is 1.92. The van der Waals surface area contributed by atoms with E-state index in [0.717, 1.165) is 6.42 Å². The maximum Gasteiger partial charge on any atom is 0.320 e. The monoisotopic (exact) mass is 247 g/mol. The normalized spacial score (nSPS) is 20.0. The second kappa shape index (κ2) is 4.68. The summed E-state index contributed by atoms with van der Waals surface area (Å²) in [6.45, 7) is 3.92. The Hall–Kier alpha value is -2.04. The minimum Gasteiger partial charge on any atom is -0.351 e. The molecule has 3 N–H and O–H groups in total. The zero-order valence-corrected chi connectivity index (χ0v) is 10.5. The molecule has 0 spiro atoms. The SMILES string of the molecule is CCC(C)C1C(=O)Nc2ccccc2N1C(N)=O. The fourth-order valence-electron chi connectivity index (χ4n) is 2.26. The summed E-state index contributed by atoms with van der Waals surface area (Å²) < 4.78 is 0. The van der Waals surface area contributed by atoms with E-state index in [9.17, 15) is 9.59 Å². The lowest BCUT2D eigenvalue weighted by molar-refractivity contribution is -0.118. The summed E-state index contributed by atoms with van der Waals surface area (Å²) in [5, 5.41) is 2.82. The van der Waals surface area contributed by atoms with Crippen molar-refractivity contribution in [1.29, 1.82) is 0 Å². The van der Waals surface area contributed by atoms with E-state index >= 15 is 0 Å². The molecule has 0 saturated carbocycles. The van der Waals surface area contributed by atoms with Gasteiger partial charge in [-0.2, -0.15) is 0 Å². The third-order valence-corrected chi connectivity index (χ3v) is 3.39. The minimum atomic E-state index is -0.595. The Kier molecular flexibility index (Phi) is 3.23. The Morgan fingerprint density at radius 1 is 1.50 bits per heavy atom. The first-order valence-corrected chi connectivity index (χ1v) is 6.04. The van der Waals surface area contributed by atoms with Crippen molar-refractivity contribution in [1.82, 2.24) is 0 Å². The highest BCUT2D eigenvalue weighted by Gasteiger charge is 2.38. The van der Waals surface area contributed by atoms with E-state index in [1.54, 1.807) is 12.1 Å². The van der Waals surface area contributed by atoms with Crippen LogP contribution in [0.2, 0.25) is 0 Å². The molecule has 18 heavy (non-hydrogen) atoms. The Bertz CT molecular complexity index is 487. The molecule has 1 heterocycles. The summed E-state index contributed by atoms with van der Waals surface area (Å²) in [5.74, 6) is -0.132. The number of nitrogens with one attached hydrogen (secondary N) is 1. The van der Waals surface area contributed by atoms with E-state index in [-0.39, 0.29) is 11.8 Å². The van der Waals surface area contributed by atoms with Crippen LogP contribution >= 0.6 is 0 Å². The molecule has 96 valence electrons. The van der Waals surface area contributed by atoms with Gasteiger partial charge in [-0.25, -0.2) is 4.79 Å². The number of nitrogens with two attached hydrogens (primary N) is 1. The summed E-state index contributed by atoms with van der Waals surface area (Å²) in [5.41, 5.74) is 6.72. The number of rotatable bonds is 2. The highest BCUT2D eigenvalue weighted by molar-refractivity contribution is 6.11. The van der Waals surface area contributed by atoms with Crippen LogP contribution in [0.25, 0.3) is 0 Å². The van der Waals surface area contributed by atoms with E-state index in [1.165, 1.54) is 4.90 Å². The zero-order valence-electron chi connectivity index (χ0n) is 10.5. The second-order valence-electron chi connectivity index (χ2n) is 4.55. The predicted octanol–water partition coefficient (Wildman–Crippen LogP) is 1.94. The van der Waals surface area contributed by atoms with Gasteiger partial charge in [0.2, 0.25) is 5.91 Å². The molecule has 1 aromatic rings. The van der Waals surface area contributed by atoms with Crippen LogP contribution in [0.3, 0.4) is 0 Å². The number of fused-ring (bicyclic) bond motifs is 1. The number of anilines is 2. The van der Waals surface area contributed by atoms with Crippen molar-refractivity contribution in [2.24, 2.45) is 11.7 Å². The van der Waals surface area contributed by atoms with Gasteiger partial charge in [-0.05, 0) is 18.1 Å². The van der Waals surface area contributed by atoms with Gasteiger partial charge < -0.3 is 11.1 Å². The molecular formula is C13H17N3O2. The molecule has 2 unspecified atom stereocenters. The minimum absolute atomic E-state index is 0.0471. The van der Waals surface area contributed by atoms with Gasteiger partial charge in [-0.3, -0.25) is 9.69 Å². The standard InChI is InChI=1S/C13H17N3O2/c1-3-8(2)11-12(17)15-9-6-4-5-7-10(9)16(11)13(14)18/h4-8,11H,3H2,1-2H3,(H2,14,18)(H,15,17). The van der Waals surface area contributed by atoms with E-state index in [1.807, 2.05) is 26.0 Å². The predicted molar refractivity (Wildman–Crippen MR) is 70.4 cm³/mol. The smallest absolute Gasteiger partial charge is 0.320 e. The number of nitrogens with zero attached hydrogens (tertiary/aromatic N) is 1. The van der Waals surface area contributed by atoms with E-state index in [4.69, 9.17) is 5.73 Å². The zero-order chi connectivity index (χ0) is 13.3. The molecule has 0 radical (unpaired) electrons. The van der Waals surface area contributed by atoms with Gasteiger partial charge in [0, 0.05) is 0 Å². The molecule has 5 nitrogen and oxygen atoms in total. The van der Waals surface area contributed by atoms with Crippen LogP contribution in [-0.4, -0.2) is 18.0 Å². The van der Waals surface area contributed by atoms with Crippen molar-refractivity contribution in [2.45, 2.75) is 26.3 Å². The van der Waals surface area contributed by atoms with Gasteiger partial charge in [-0.15, -0.1) is 0 Å². The van der Waals surface area contributed by atoms with Crippen LogP contribution in [0.1, 0.15) is 20.3 Å². The largest absolute Gasteiger partial charge is 0.351 e. The van der Waals surface area contributed by atoms with Crippen molar-refractivity contribution in [2.75, 3.05) is 10.2 Å². The molecular weight excluding hydrogens is 230 g/mol. The number of carbonyl (C=O) groups is 2. The van der Waals surface area contributed by atoms with Gasteiger partial charge in [0.15, 0.2) is 0 Å². The number of primary amides is 1. The van der Waals surface area contributed by atoms with Crippen molar-refractivity contribution in [3.05, 3.63) is 24.3 Å². The summed E-state index contributed by atoms with van der Waals surface area (Å²) in [7, 11) is 0. The quantitative estimate of drug-likeness (QED) is 0.838. The maximum atomic E-state index is 12.1. The molecule has 2 atom stereocenters. The Morgan fingerprint density at radius 2 is 2.17 bits per heavy atom. The van der Waals surface area contributed by atoms with E-state index < -0.39 is 12.1 Å². The van der Waals surface area contributed by atoms with Crippen LogP contribution < -0.4 is 16.0 Å². The van der Waals surface area contributed by atoms with Gasteiger partial charge in [0.25, 0.3) is 0 Å². The van der Waals surface area contributed by atoms with Gasteiger partial charge in [0.1, 0.15) is 6.04 Å². The molecule has 0 aliphatic carbocycles. The number of benzene rings is 1. The number of hydrogen-bond acceptors (Lipinski definition) is 2. The maximum absolute atomic E-state index is 12.1. The highest BCUT2D eigenvalue weighted by atomic mass is 16.2. The summed E-state index contributed by atoms with van der Waals surface area (Å²) in [6.07, 6.45) is 0.796. The van der Waals surface area contributed by atoms with Crippen LogP contribution in [0.15, 0.2) is 24.3 Å². The van der Waals surface area contributed by atoms with Crippen molar-refractivity contribution < 1.29 is 9.59 Å². The molecule has 3 amide bonds. The molecule has 1 aliphatic rings. The highest BCUT2D eigenvalue weighted by Crippen LogP contribution is 2.34. The van der Waals surface area contributed by atoms with Crippen LogP contribution in [0, 0.1) is 5.92 Å². The van der Waals surface area contributed by atoms with Crippen molar-refractivity contribution in [3.63, 3.8) is 0 Å². The number of para-hydroxylation sites is 2. The number of hydrogen-bond donors (Lipinski definition) is 2. The Morgan fingerprint density at radius 3 is 2.78 bits per heavy atom. The van der Waals surface area contributed by atoms with Crippen molar-refractivity contribution in [3.8, 4) is 0 Å². The topological polar surface area (TPSA) is 75.4 Å². The fourth-order valence-corrected chi connectivity index (χ4v) is 2.26. The average molecular weight is 247 g/mol. The fraction of sp³-hybridized carbons (Fsp3) is 0.385. The first-order chi connectivity index (χ1) is 8.56. The summed E-state index contributed by atoms with van der Waals surface area (Å²) >= 11 is 0. The van der Waals surface area contributed by atoms with Crippen LogP contribution in [0.5, 0.6) is 0 Å². The molecule has 1 aromatic carbocycles. The molecule has 5 heteroatoms. The summed E-state index contributed by atoms with van der Waals surface area (Å²) in [6, 6.07) is 6.04. The second-order valence-corrected chi connectivity index (χ2v) is 4.55. The lowest BCUT2D eigenvalue weighted by atomic mass is 9.94. The first kappa shape index (κ1) is 12.4. The third-order valence-electron chi connectivity index (χ3n) is 3.39. The van der Waals surface area contributed by atoms with Crippen LogP contribution in [0.4, 0.5) is 16.2 Å². The first-order valence-electron chi connectivity index (χ1n) is 6.04. The average Bonchev–Trinajstić information content (AvgIpc) is 2.35. The molecule has 2 rings (SSSR count). The Labute approximate surface area is 106 Å². The summed E-state index contributed by atoms with van der Waals surface area (Å²) in [4.78, 5) is 25.2. The number of carbonyl (C=O) groups excluding carboxylic acids is 2.